The number of rotatable bonds is 12. The molecule has 10 rings (SSSR count). The first kappa shape index (κ1) is 64.0. The zero-order valence-electron chi connectivity index (χ0n) is 50.0. The van der Waals surface area contributed by atoms with Crippen molar-refractivity contribution in [1.82, 2.24) is 24.9 Å². The third kappa shape index (κ3) is 14.2. The Kier molecular flexibility index (Phi) is 20.8. The second kappa shape index (κ2) is 27.9. The van der Waals surface area contributed by atoms with Crippen LogP contribution in [0.1, 0.15) is 115 Å². The van der Waals surface area contributed by atoms with E-state index in [1.54, 1.807) is 24.8 Å². The van der Waals surface area contributed by atoms with Gasteiger partial charge in [-0.1, -0.05) is 68.5 Å². The molecule has 5 aromatic carbocycles. The highest BCUT2D eigenvalue weighted by Gasteiger charge is 2.45. The van der Waals surface area contributed by atoms with Gasteiger partial charge in [0.05, 0.1) is 27.4 Å². The van der Waals surface area contributed by atoms with E-state index in [-0.39, 0.29) is 28.7 Å². The van der Waals surface area contributed by atoms with Crippen molar-refractivity contribution in [1.29, 1.82) is 0 Å². The molecular formula is C70H69BN5O9P. The molecule has 0 saturated carbocycles. The fraction of sp³-hybridized carbons (Fsp3) is 0.171. The van der Waals surface area contributed by atoms with Gasteiger partial charge >= 0.3 is 25.5 Å². The van der Waals surface area contributed by atoms with E-state index in [1.165, 1.54) is 137 Å². The van der Waals surface area contributed by atoms with Gasteiger partial charge in [0, 0.05) is 62.0 Å². The average molecular weight is 1170 g/mol. The van der Waals surface area contributed by atoms with Gasteiger partial charge in [-0.05, 0) is 246 Å². The van der Waals surface area contributed by atoms with E-state index in [9.17, 15) is 18.9 Å². The summed E-state index contributed by atoms with van der Waals surface area (Å²) >= 11 is 0. The normalized spacial score (nSPS) is 10.9. The minimum absolute atomic E-state index is 0.0179. The van der Waals surface area contributed by atoms with Crippen molar-refractivity contribution < 1.29 is 44.1 Å². The molecule has 0 bridgehead atoms. The predicted molar refractivity (Wildman–Crippen MR) is 341 cm³/mol. The minimum atomic E-state index is -4.35. The van der Waals surface area contributed by atoms with Crippen LogP contribution in [-0.4, -0.2) is 74.6 Å². The molecule has 86 heavy (non-hydrogen) atoms. The first-order chi connectivity index (χ1) is 40.9. The maximum Gasteiger partial charge on any atom is 0.356 e. The Morgan fingerprint density at radius 2 is 0.663 bits per heavy atom. The Hall–Kier alpha value is -9.53. The van der Waals surface area contributed by atoms with E-state index in [4.69, 9.17) is 25.1 Å². The van der Waals surface area contributed by atoms with E-state index in [0.29, 0.717) is 0 Å². The number of aromatic nitrogens is 5. The van der Waals surface area contributed by atoms with Gasteiger partial charge in [-0.3, -0.25) is 29.5 Å². The summed E-state index contributed by atoms with van der Waals surface area (Å²) in [6, 6.07) is 37.9. The number of hydrogen-bond acceptors (Lipinski definition) is 9. The van der Waals surface area contributed by atoms with Gasteiger partial charge < -0.3 is 25.1 Å². The number of hydrogen-bond donors (Lipinski definition) is 5. The van der Waals surface area contributed by atoms with Crippen LogP contribution in [0, 0.1) is 76.2 Å². The van der Waals surface area contributed by atoms with Gasteiger partial charge in [-0.25, -0.2) is 14.4 Å². The molecule has 0 amide bonds. The van der Waals surface area contributed by atoms with E-state index < -0.39 is 30.9 Å². The molecule has 0 unspecified atom stereocenters. The number of aryl methyl sites for hydroxylation is 6. The van der Waals surface area contributed by atoms with Gasteiger partial charge in [0.1, 0.15) is 0 Å². The van der Waals surface area contributed by atoms with E-state index >= 15 is 0 Å². The van der Waals surface area contributed by atoms with Gasteiger partial charge in [-0.15, -0.1) is 0 Å². The number of aromatic carboxylic acids is 3. The molecule has 0 aliphatic carbocycles. The number of carboxylic acids is 3. The fourth-order valence-electron chi connectivity index (χ4n) is 11.2. The Morgan fingerprint density at radius 3 is 0.965 bits per heavy atom. The standard InChI is InChI=1S/C45H48BN3.C10H8N2.C8H6O4.C7H7O5P/c1-27-24-28(2)34(8)42(33(27)7)46(43-35(9)29(3)25-30(4)36(43)10)44-37(11)31(5)26-32(6)41(44)45(38-12-18-47-19-13-38,39-14-20-48-21-15-39)40-16-22-49-23-17-40;1-5-11-6-2-9(1)10-3-7-12-8-4-10;9-7(10)5-1-2-6(4-3-5)8(11)12;8-7(9)5-2-1-3-6(4-5)13(10,11)12/h12-26H,1-11H3;1-8H;1-4H,(H,9,10)(H,11,12);1-4H,(H,8,9)(H2,10,11,12). The van der Waals surface area contributed by atoms with Crippen LogP contribution < -0.4 is 21.7 Å². The lowest BCUT2D eigenvalue weighted by atomic mass is 9.31. The molecule has 0 saturated heterocycles. The summed E-state index contributed by atoms with van der Waals surface area (Å²) in [5.74, 6) is -3.34. The predicted octanol–water partition coefficient (Wildman–Crippen LogP) is 11.6. The summed E-state index contributed by atoms with van der Waals surface area (Å²) < 4.78 is 10.7. The van der Waals surface area contributed by atoms with Crippen LogP contribution in [0.4, 0.5) is 0 Å². The Labute approximate surface area is 502 Å². The molecule has 5 N–H and O–H groups in total. The van der Waals surface area contributed by atoms with Crippen molar-refractivity contribution in [3.63, 3.8) is 0 Å². The van der Waals surface area contributed by atoms with Crippen molar-refractivity contribution in [3.05, 3.63) is 290 Å². The summed E-state index contributed by atoms with van der Waals surface area (Å²) in [6.07, 6.45) is 18.7. The fourth-order valence-corrected chi connectivity index (χ4v) is 11.8. The highest BCUT2D eigenvalue weighted by molar-refractivity contribution is 7.60. The number of carbonyl (C=O) groups is 3. The molecule has 436 valence electrons. The lowest BCUT2D eigenvalue weighted by molar-refractivity contribution is 0.0681. The molecule has 0 radical (unpaired) electrons. The van der Waals surface area contributed by atoms with Crippen molar-refractivity contribution in [2.45, 2.75) is 81.6 Å². The van der Waals surface area contributed by atoms with Gasteiger partial charge in [0.25, 0.3) is 0 Å². The number of pyridine rings is 5. The lowest BCUT2D eigenvalue weighted by Crippen LogP contribution is -2.60. The zero-order valence-corrected chi connectivity index (χ0v) is 50.9. The minimum Gasteiger partial charge on any atom is -0.478 e. The molecule has 0 atom stereocenters. The van der Waals surface area contributed by atoms with Gasteiger partial charge in [0.2, 0.25) is 6.71 Å². The van der Waals surface area contributed by atoms with Crippen molar-refractivity contribution in [2.24, 2.45) is 0 Å². The first-order valence-electron chi connectivity index (χ1n) is 27.6. The molecule has 10 aromatic rings. The zero-order chi connectivity index (χ0) is 62.6. The second-order valence-corrected chi connectivity index (χ2v) is 22.8. The molecule has 0 spiro atoms. The van der Waals surface area contributed by atoms with E-state index in [0.717, 1.165) is 22.8 Å². The van der Waals surface area contributed by atoms with Crippen molar-refractivity contribution in [2.75, 3.05) is 0 Å². The van der Waals surface area contributed by atoms with Crippen LogP contribution in [0.15, 0.2) is 189 Å². The van der Waals surface area contributed by atoms with Crippen LogP contribution in [-0.2, 0) is 9.98 Å². The molecule has 0 aliphatic heterocycles. The molecule has 0 aliphatic rings. The molecule has 16 heteroatoms. The van der Waals surface area contributed by atoms with Crippen LogP contribution >= 0.6 is 7.60 Å². The van der Waals surface area contributed by atoms with Crippen molar-refractivity contribution >= 4 is 53.9 Å². The maximum atomic E-state index is 10.7. The Balaban J connectivity index is 0.000000227. The summed E-state index contributed by atoms with van der Waals surface area (Å²) in [5.41, 5.74) is 25.3. The molecule has 14 nitrogen and oxygen atoms in total. The quantitative estimate of drug-likeness (QED) is 0.0566. The average Bonchev–Trinajstić information content (AvgIpc) is 0.750. The summed E-state index contributed by atoms with van der Waals surface area (Å²) in [7, 11) is -4.35. The summed E-state index contributed by atoms with van der Waals surface area (Å²) in [5, 5.41) is 25.2. The second-order valence-electron chi connectivity index (χ2n) is 21.2. The Bertz CT molecular complexity index is 3810. The smallest absolute Gasteiger partial charge is 0.356 e. The summed E-state index contributed by atoms with van der Waals surface area (Å²) in [4.78, 5) is 70.0. The number of benzene rings is 5. The lowest BCUT2D eigenvalue weighted by Gasteiger charge is -2.42. The number of nitrogens with zero attached hydrogens (tertiary/aromatic N) is 5. The molecule has 0 fully saturated rings. The highest BCUT2D eigenvalue weighted by Crippen LogP contribution is 2.46. The Morgan fingerprint density at radius 1 is 0.372 bits per heavy atom. The van der Waals surface area contributed by atoms with Crippen LogP contribution in [0.5, 0.6) is 0 Å². The van der Waals surface area contributed by atoms with Crippen LogP contribution in [0.25, 0.3) is 11.1 Å². The SMILES string of the molecule is Cc1cc(C)c(C)c(B(c2c(C)c(C)cc(C)c2C)c2c(C)c(C)cc(C)c2C(c2ccncc2)(c2ccncc2)c2ccncc2)c1C.O=C(O)c1ccc(C(=O)O)cc1.O=C(O)c1cccc(P(=O)(O)O)c1.c1cc(-c2ccncc2)ccn1. The highest BCUT2D eigenvalue weighted by atomic mass is 31.2. The largest absolute Gasteiger partial charge is 0.478 e. The van der Waals surface area contributed by atoms with Crippen LogP contribution in [0.3, 0.4) is 0 Å². The topological polar surface area (TPSA) is 234 Å². The van der Waals surface area contributed by atoms with Crippen molar-refractivity contribution in [3.8, 4) is 11.1 Å². The maximum absolute atomic E-state index is 10.7. The first-order valence-corrected chi connectivity index (χ1v) is 29.2. The summed E-state index contributed by atoms with van der Waals surface area (Å²) in [6.45, 7) is 25.3. The molecular weight excluding hydrogens is 1100 g/mol. The van der Waals surface area contributed by atoms with E-state index in [1.807, 2.05) is 61.4 Å². The molecule has 5 heterocycles. The molecule has 5 aromatic heterocycles. The third-order valence-corrected chi connectivity index (χ3v) is 17.0. The van der Waals surface area contributed by atoms with Crippen LogP contribution in [0.2, 0.25) is 0 Å². The third-order valence-electron chi connectivity index (χ3n) is 16.0. The van der Waals surface area contributed by atoms with Gasteiger partial charge in [-0.2, -0.15) is 0 Å². The van der Waals surface area contributed by atoms with E-state index in [2.05, 4.69) is 156 Å². The number of carboxylic acid groups (broad SMARTS) is 3. The van der Waals surface area contributed by atoms with Gasteiger partial charge in [0.15, 0.2) is 0 Å². The monoisotopic (exact) mass is 1170 g/mol.